The first-order chi connectivity index (χ1) is 15.8. The van der Waals surface area contributed by atoms with E-state index in [9.17, 15) is 18.0 Å². The van der Waals surface area contributed by atoms with Gasteiger partial charge >= 0.3 is 6.18 Å². The molecule has 0 bridgehead atoms. The summed E-state index contributed by atoms with van der Waals surface area (Å²) in [4.78, 5) is 14.9. The summed E-state index contributed by atoms with van der Waals surface area (Å²) in [6.07, 6.45) is -2.42. The lowest BCUT2D eigenvalue weighted by Gasteiger charge is -2.22. The number of likely N-dealkylation sites (tertiary alicyclic amines) is 1. The van der Waals surface area contributed by atoms with Crippen LogP contribution in [0.15, 0.2) is 54.6 Å². The highest BCUT2D eigenvalue weighted by Gasteiger charge is 2.35. The number of benzene rings is 2. The normalized spacial score (nSPS) is 16.8. The lowest BCUT2D eigenvalue weighted by atomic mass is 10.1. The molecule has 1 unspecified atom stereocenters. The topological polar surface area (TPSA) is 50.2 Å². The van der Waals surface area contributed by atoms with Crippen molar-refractivity contribution in [2.24, 2.45) is 0 Å². The lowest BCUT2D eigenvalue weighted by Crippen LogP contribution is -2.40. The molecule has 1 amide bonds. The highest BCUT2D eigenvalue weighted by atomic mass is 35.5. The van der Waals surface area contributed by atoms with Crippen molar-refractivity contribution in [1.82, 2.24) is 20.0 Å². The van der Waals surface area contributed by atoms with Gasteiger partial charge in [0.25, 0.3) is 5.91 Å². The van der Waals surface area contributed by atoms with Crippen molar-refractivity contribution in [2.75, 3.05) is 19.6 Å². The minimum Gasteiger partial charge on any atom is -0.350 e. The van der Waals surface area contributed by atoms with Gasteiger partial charge in [-0.25, -0.2) is 4.68 Å². The van der Waals surface area contributed by atoms with Crippen LogP contribution in [0.1, 0.15) is 35.8 Å². The number of rotatable bonds is 6. The Morgan fingerprint density at radius 3 is 2.58 bits per heavy atom. The van der Waals surface area contributed by atoms with Gasteiger partial charge in [-0.2, -0.15) is 18.3 Å². The Morgan fingerprint density at radius 1 is 1.18 bits per heavy atom. The Kier molecular flexibility index (Phi) is 6.76. The zero-order valence-electron chi connectivity index (χ0n) is 18.1. The maximum atomic E-state index is 13.4. The molecule has 174 valence electrons. The van der Waals surface area contributed by atoms with E-state index in [0.717, 1.165) is 32.0 Å². The average molecular weight is 477 g/mol. The number of nitrogens with zero attached hydrogens (tertiary/aromatic N) is 3. The second-order valence-electron chi connectivity index (χ2n) is 7.99. The third-order valence-electron chi connectivity index (χ3n) is 5.93. The molecule has 1 atom stereocenters. The van der Waals surface area contributed by atoms with Crippen molar-refractivity contribution in [2.45, 2.75) is 32.0 Å². The molecule has 0 radical (unpaired) electrons. The molecule has 1 aliphatic heterocycles. The zero-order valence-corrected chi connectivity index (χ0v) is 18.8. The molecule has 0 saturated carbocycles. The van der Waals surface area contributed by atoms with Crippen LogP contribution in [-0.2, 0) is 6.18 Å². The van der Waals surface area contributed by atoms with Crippen LogP contribution in [0.4, 0.5) is 13.2 Å². The SMILES string of the molecule is CCN1CCCC1CNC(=O)c1ccc(-c2cc(C(F)(F)F)nn2-c2ccccc2Cl)cc1. The Hall–Kier alpha value is -2.84. The summed E-state index contributed by atoms with van der Waals surface area (Å²) in [5.41, 5.74) is 0.480. The number of para-hydroxylation sites is 1. The molecule has 0 spiro atoms. The summed E-state index contributed by atoms with van der Waals surface area (Å²) >= 11 is 6.22. The fourth-order valence-electron chi connectivity index (χ4n) is 4.18. The second-order valence-corrected chi connectivity index (χ2v) is 8.40. The van der Waals surface area contributed by atoms with Gasteiger partial charge in [0.1, 0.15) is 0 Å². The standard InChI is InChI=1S/C24H24ClF3N4O/c1-2-31-13-5-6-18(31)15-29-23(33)17-11-9-16(10-12-17)21-14-22(24(26,27)28)30-32(21)20-8-4-3-7-19(20)25/h3-4,7-12,14,18H,2,5-6,13,15H2,1H3,(H,29,33). The average Bonchev–Trinajstić information content (AvgIpc) is 3.45. The van der Waals surface area contributed by atoms with E-state index in [-0.39, 0.29) is 16.6 Å². The first-order valence-electron chi connectivity index (χ1n) is 10.8. The summed E-state index contributed by atoms with van der Waals surface area (Å²) in [6.45, 7) is 4.68. The predicted molar refractivity (Wildman–Crippen MR) is 122 cm³/mol. The number of likely N-dealkylation sites (N-methyl/N-ethyl adjacent to an activating group) is 1. The third kappa shape index (κ3) is 5.07. The molecule has 2 heterocycles. The Labute approximate surface area is 195 Å². The Balaban J connectivity index is 1.58. The molecule has 1 aromatic heterocycles. The second kappa shape index (κ2) is 9.57. The molecule has 1 fully saturated rings. The maximum Gasteiger partial charge on any atom is 0.435 e. The quantitative estimate of drug-likeness (QED) is 0.516. The number of carbonyl (C=O) groups is 1. The number of amides is 1. The summed E-state index contributed by atoms with van der Waals surface area (Å²) in [6, 6.07) is 14.3. The smallest absolute Gasteiger partial charge is 0.350 e. The molecule has 33 heavy (non-hydrogen) atoms. The van der Waals surface area contributed by atoms with E-state index in [0.29, 0.717) is 29.4 Å². The molecule has 1 N–H and O–H groups in total. The van der Waals surface area contributed by atoms with E-state index in [4.69, 9.17) is 11.6 Å². The molecular weight excluding hydrogens is 453 g/mol. The van der Waals surface area contributed by atoms with Gasteiger partial charge in [0.15, 0.2) is 5.69 Å². The summed E-state index contributed by atoms with van der Waals surface area (Å²) in [5, 5.41) is 7.00. The van der Waals surface area contributed by atoms with Gasteiger partial charge in [0.05, 0.1) is 16.4 Å². The van der Waals surface area contributed by atoms with E-state index in [1.807, 2.05) is 0 Å². The summed E-state index contributed by atoms with van der Waals surface area (Å²) in [7, 11) is 0. The van der Waals surface area contributed by atoms with Crippen molar-refractivity contribution in [3.63, 3.8) is 0 Å². The molecule has 4 rings (SSSR count). The monoisotopic (exact) mass is 476 g/mol. The van der Waals surface area contributed by atoms with Gasteiger partial charge in [-0.15, -0.1) is 0 Å². The number of carbonyl (C=O) groups excluding carboxylic acids is 1. The Bertz CT molecular complexity index is 1130. The molecule has 2 aromatic carbocycles. The van der Waals surface area contributed by atoms with Crippen molar-refractivity contribution in [3.8, 4) is 16.9 Å². The van der Waals surface area contributed by atoms with Crippen molar-refractivity contribution < 1.29 is 18.0 Å². The van der Waals surface area contributed by atoms with Crippen LogP contribution in [0.5, 0.6) is 0 Å². The molecule has 9 heteroatoms. The van der Waals surface area contributed by atoms with Crippen LogP contribution in [0.3, 0.4) is 0 Å². The first-order valence-corrected chi connectivity index (χ1v) is 11.2. The number of hydrogen-bond acceptors (Lipinski definition) is 3. The minimum absolute atomic E-state index is 0.208. The number of alkyl halides is 3. The van der Waals surface area contributed by atoms with Crippen molar-refractivity contribution in [3.05, 3.63) is 70.9 Å². The molecule has 0 aliphatic carbocycles. The number of aromatic nitrogens is 2. The van der Waals surface area contributed by atoms with E-state index in [1.165, 1.54) is 4.68 Å². The zero-order chi connectivity index (χ0) is 23.6. The number of hydrogen-bond donors (Lipinski definition) is 1. The van der Waals surface area contributed by atoms with Gasteiger partial charge < -0.3 is 5.32 Å². The van der Waals surface area contributed by atoms with Crippen LogP contribution >= 0.6 is 11.6 Å². The molecule has 1 aliphatic rings. The van der Waals surface area contributed by atoms with Gasteiger partial charge in [0.2, 0.25) is 0 Å². The van der Waals surface area contributed by atoms with Crippen molar-refractivity contribution >= 4 is 17.5 Å². The predicted octanol–water partition coefficient (Wildman–Crippen LogP) is 5.43. The summed E-state index contributed by atoms with van der Waals surface area (Å²) < 4.78 is 41.3. The van der Waals surface area contributed by atoms with Gasteiger partial charge in [-0.05, 0) is 56.3 Å². The molecule has 5 nitrogen and oxygen atoms in total. The van der Waals surface area contributed by atoms with E-state index < -0.39 is 11.9 Å². The van der Waals surface area contributed by atoms with Crippen LogP contribution in [0.25, 0.3) is 16.9 Å². The number of halogens is 4. The van der Waals surface area contributed by atoms with Crippen LogP contribution < -0.4 is 5.32 Å². The third-order valence-corrected chi connectivity index (χ3v) is 6.25. The minimum atomic E-state index is -4.60. The van der Waals surface area contributed by atoms with E-state index in [2.05, 4.69) is 22.2 Å². The maximum absolute atomic E-state index is 13.4. The van der Waals surface area contributed by atoms with Gasteiger partial charge in [-0.1, -0.05) is 42.8 Å². The first kappa shape index (κ1) is 23.3. The van der Waals surface area contributed by atoms with E-state index in [1.54, 1.807) is 48.5 Å². The lowest BCUT2D eigenvalue weighted by molar-refractivity contribution is -0.141. The summed E-state index contributed by atoms with van der Waals surface area (Å²) in [5.74, 6) is -0.208. The highest BCUT2D eigenvalue weighted by molar-refractivity contribution is 6.32. The Morgan fingerprint density at radius 2 is 1.91 bits per heavy atom. The van der Waals surface area contributed by atoms with Crippen molar-refractivity contribution in [1.29, 1.82) is 0 Å². The molecule has 3 aromatic rings. The molecular formula is C24H24ClF3N4O. The highest BCUT2D eigenvalue weighted by Crippen LogP contribution is 2.34. The van der Waals surface area contributed by atoms with Crippen LogP contribution in [0.2, 0.25) is 5.02 Å². The van der Waals surface area contributed by atoms with Crippen LogP contribution in [-0.4, -0.2) is 46.3 Å². The largest absolute Gasteiger partial charge is 0.435 e. The van der Waals surface area contributed by atoms with Gasteiger partial charge in [0, 0.05) is 23.7 Å². The fraction of sp³-hybridized carbons (Fsp3) is 0.333. The fourth-order valence-corrected chi connectivity index (χ4v) is 4.40. The van der Waals surface area contributed by atoms with Gasteiger partial charge in [-0.3, -0.25) is 9.69 Å². The van der Waals surface area contributed by atoms with Crippen LogP contribution in [0, 0.1) is 0 Å². The molecule has 1 saturated heterocycles. The number of nitrogens with one attached hydrogen (secondary N) is 1. The van der Waals surface area contributed by atoms with E-state index >= 15 is 0 Å².